The molecule has 1 fully saturated rings. The van der Waals surface area contributed by atoms with Crippen molar-refractivity contribution in [1.29, 1.82) is 0 Å². The maximum atomic E-state index is 10.6. The van der Waals surface area contributed by atoms with Gasteiger partial charge >= 0.3 is 5.97 Å². The van der Waals surface area contributed by atoms with Crippen LogP contribution >= 0.6 is 11.5 Å². The van der Waals surface area contributed by atoms with Gasteiger partial charge in [-0.2, -0.15) is 4.37 Å². The molecule has 0 spiro atoms. The number of morpholine rings is 1. The molecule has 82 valence electrons. The monoisotopic (exact) mass is 229 g/mol. The standard InChI is InChI=1S/C8H11N3O3S/c12-8(13)7-9-6(10-15-7)5-11-1-3-14-4-2-11/h1-5H2,(H,12,13). The Morgan fingerprint density at radius 2 is 2.27 bits per heavy atom. The number of ether oxygens (including phenoxy) is 1. The molecule has 1 N–H and O–H groups in total. The second kappa shape index (κ2) is 4.65. The van der Waals surface area contributed by atoms with Gasteiger partial charge in [0.2, 0.25) is 5.01 Å². The number of carboxylic acid groups (broad SMARTS) is 1. The Morgan fingerprint density at radius 1 is 1.53 bits per heavy atom. The summed E-state index contributed by atoms with van der Waals surface area (Å²) < 4.78 is 9.21. The Morgan fingerprint density at radius 3 is 2.87 bits per heavy atom. The molecular weight excluding hydrogens is 218 g/mol. The van der Waals surface area contributed by atoms with Gasteiger partial charge in [0, 0.05) is 13.1 Å². The Hall–Kier alpha value is -1.05. The van der Waals surface area contributed by atoms with Crippen molar-refractivity contribution in [3.8, 4) is 0 Å². The molecule has 0 unspecified atom stereocenters. The molecule has 6 nitrogen and oxygen atoms in total. The molecule has 1 saturated heterocycles. The highest BCUT2D eigenvalue weighted by atomic mass is 32.1. The molecule has 1 aromatic heterocycles. The van der Waals surface area contributed by atoms with E-state index in [1.165, 1.54) is 0 Å². The van der Waals surface area contributed by atoms with Gasteiger partial charge in [-0.3, -0.25) is 4.90 Å². The van der Waals surface area contributed by atoms with Gasteiger partial charge in [-0.15, -0.1) is 0 Å². The highest BCUT2D eigenvalue weighted by Crippen LogP contribution is 2.08. The van der Waals surface area contributed by atoms with Gasteiger partial charge in [0.15, 0.2) is 5.82 Å². The van der Waals surface area contributed by atoms with Crippen molar-refractivity contribution in [2.45, 2.75) is 6.54 Å². The van der Waals surface area contributed by atoms with E-state index >= 15 is 0 Å². The van der Waals surface area contributed by atoms with Gasteiger partial charge in [0.1, 0.15) is 0 Å². The molecule has 1 aliphatic heterocycles. The second-order valence-corrected chi connectivity index (χ2v) is 3.96. The Balaban J connectivity index is 1.94. The van der Waals surface area contributed by atoms with Gasteiger partial charge < -0.3 is 9.84 Å². The van der Waals surface area contributed by atoms with E-state index in [2.05, 4.69) is 14.3 Å². The lowest BCUT2D eigenvalue weighted by Crippen LogP contribution is -2.35. The smallest absolute Gasteiger partial charge is 0.366 e. The SMILES string of the molecule is O=C(O)c1nc(CN2CCOCC2)ns1. The van der Waals surface area contributed by atoms with E-state index in [9.17, 15) is 4.79 Å². The molecule has 7 heteroatoms. The van der Waals surface area contributed by atoms with Crippen LogP contribution in [0.5, 0.6) is 0 Å². The predicted octanol–water partition coefficient (Wildman–Crippen LogP) is 0.0685. The van der Waals surface area contributed by atoms with E-state index in [1.54, 1.807) is 0 Å². The molecule has 0 bridgehead atoms. The van der Waals surface area contributed by atoms with Crippen LogP contribution in [-0.4, -0.2) is 51.6 Å². The highest BCUT2D eigenvalue weighted by molar-refractivity contribution is 7.07. The van der Waals surface area contributed by atoms with Crippen LogP contribution in [0.2, 0.25) is 0 Å². The van der Waals surface area contributed by atoms with Crippen LogP contribution in [0.15, 0.2) is 0 Å². The molecule has 0 radical (unpaired) electrons. The van der Waals surface area contributed by atoms with Crippen LogP contribution < -0.4 is 0 Å². The number of aromatic carboxylic acids is 1. The van der Waals surface area contributed by atoms with Crippen molar-refractivity contribution in [3.63, 3.8) is 0 Å². The fourth-order valence-corrected chi connectivity index (χ4v) is 1.88. The van der Waals surface area contributed by atoms with E-state index in [1.807, 2.05) is 0 Å². The number of hydrogen-bond acceptors (Lipinski definition) is 6. The van der Waals surface area contributed by atoms with Gasteiger partial charge in [-0.05, 0) is 11.5 Å². The van der Waals surface area contributed by atoms with Gasteiger partial charge in [0.05, 0.1) is 19.8 Å². The Kier molecular flexibility index (Phi) is 3.24. The van der Waals surface area contributed by atoms with Crippen LogP contribution in [0.1, 0.15) is 15.6 Å². The third kappa shape index (κ3) is 2.71. The maximum Gasteiger partial charge on any atom is 0.366 e. The Labute approximate surface area is 90.7 Å². The van der Waals surface area contributed by atoms with E-state index in [4.69, 9.17) is 9.84 Å². The molecule has 0 aromatic carbocycles. The molecule has 0 aliphatic carbocycles. The summed E-state index contributed by atoms with van der Waals surface area (Å²) in [6, 6.07) is 0. The van der Waals surface area contributed by atoms with Crippen LogP contribution in [0, 0.1) is 0 Å². The van der Waals surface area contributed by atoms with E-state index < -0.39 is 5.97 Å². The summed E-state index contributed by atoms with van der Waals surface area (Å²) in [6.45, 7) is 3.74. The predicted molar refractivity (Wildman–Crippen MR) is 53.0 cm³/mol. The fraction of sp³-hybridized carbons (Fsp3) is 0.625. The van der Waals surface area contributed by atoms with E-state index in [0.717, 1.165) is 37.8 Å². The molecule has 1 aromatic rings. The number of carboxylic acids is 1. The summed E-state index contributed by atoms with van der Waals surface area (Å²) >= 11 is 0.928. The van der Waals surface area contributed by atoms with Crippen molar-refractivity contribution >= 4 is 17.5 Å². The minimum atomic E-state index is -1.01. The lowest BCUT2D eigenvalue weighted by molar-refractivity contribution is 0.0331. The summed E-state index contributed by atoms with van der Waals surface area (Å²) in [7, 11) is 0. The zero-order valence-electron chi connectivity index (χ0n) is 8.05. The van der Waals surface area contributed by atoms with Crippen molar-refractivity contribution < 1.29 is 14.6 Å². The lowest BCUT2D eigenvalue weighted by atomic mass is 10.4. The van der Waals surface area contributed by atoms with Crippen LogP contribution in [-0.2, 0) is 11.3 Å². The zero-order chi connectivity index (χ0) is 10.7. The largest absolute Gasteiger partial charge is 0.476 e. The minimum Gasteiger partial charge on any atom is -0.476 e. The van der Waals surface area contributed by atoms with E-state index in [0.29, 0.717) is 12.4 Å². The highest BCUT2D eigenvalue weighted by Gasteiger charge is 2.15. The summed E-state index contributed by atoms with van der Waals surface area (Å²) in [5.74, 6) is -0.431. The average molecular weight is 229 g/mol. The first kappa shape index (κ1) is 10.5. The number of aromatic nitrogens is 2. The molecule has 1 aliphatic rings. The third-order valence-electron chi connectivity index (χ3n) is 2.12. The number of carbonyl (C=O) groups is 1. The molecule has 2 heterocycles. The van der Waals surface area contributed by atoms with E-state index in [-0.39, 0.29) is 5.01 Å². The number of hydrogen-bond donors (Lipinski definition) is 1. The first-order valence-corrected chi connectivity index (χ1v) is 5.39. The lowest BCUT2D eigenvalue weighted by Gasteiger charge is -2.25. The minimum absolute atomic E-state index is 0.0539. The average Bonchev–Trinajstić information content (AvgIpc) is 2.68. The van der Waals surface area contributed by atoms with Crippen LogP contribution in [0.25, 0.3) is 0 Å². The number of rotatable bonds is 3. The van der Waals surface area contributed by atoms with Crippen molar-refractivity contribution in [1.82, 2.24) is 14.3 Å². The molecule has 15 heavy (non-hydrogen) atoms. The van der Waals surface area contributed by atoms with Crippen molar-refractivity contribution in [2.75, 3.05) is 26.3 Å². The second-order valence-electron chi connectivity index (χ2n) is 3.21. The topological polar surface area (TPSA) is 75.5 Å². The third-order valence-corrected chi connectivity index (χ3v) is 2.86. The van der Waals surface area contributed by atoms with Crippen molar-refractivity contribution in [3.05, 3.63) is 10.8 Å². The van der Waals surface area contributed by atoms with Gasteiger partial charge in [-0.1, -0.05) is 0 Å². The first-order chi connectivity index (χ1) is 7.25. The molecular formula is C8H11N3O3S. The summed E-state index contributed by atoms with van der Waals surface area (Å²) in [5, 5.41) is 8.73. The zero-order valence-corrected chi connectivity index (χ0v) is 8.87. The molecule has 0 saturated carbocycles. The van der Waals surface area contributed by atoms with Crippen molar-refractivity contribution in [2.24, 2.45) is 0 Å². The van der Waals surface area contributed by atoms with Crippen LogP contribution in [0.4, 0.5) is 0 Å². The summed E-state index contributed by atoms with van der Waals surface area (Å²) in [6.07, 6.45) is 0. The maximum absolute atomic E-state index is 10.6. The summed E-state index contributed by atoms with van der Waals surface area (Å²) in [5.41, 5.74) is 0. The van der Waals surface area contributed by atoms with Gasteiger partial charge in [-0.25, -0.2) is 9.78 Å². The first-order valence-electron chi connectivity index (χ1n) is 4.61. The quantitative estimate of drug-likeness (QED) is 0.790. The normalized spacial score (nSPS) is 17.9. The molecule has 0 atom stereocenters. The Bertz CT molecular complexity index is 349. The molecule has 2 rings (SSSR count). The summed E-state index contributed by atoms with van der Waals surface area (Å²) in [4.78, 5) is 16.7. The fourth-order valence-electron chi connectivity index (χ4n) is 1.36. The van der Waals surface area contributed by atoms with Crippen LogP contribution in [0.3, 0.4) is 0 Å². The number of nitrogens with zero attached hydrogens (tertiary/aromatic N) is 3. The molecule has 0 amide bonds. The van der Waals surface area contributed by atoms with Gasteiger partial charge in [0.25, 0.3) is 0 Å².